The zero-order valence-corrected chi connectivity index (χ0v) is 14.7. The molecule has 0 radical (unpaired) electrons. The van der Waals surface area contributed by atoms with E-state index in [0.717, 1.165) is 32.0 Å². The van der Waals surface area contributed by atoms with E-state index < -0.39 is 6.10 Å². The van der Waals surface area contributed by atoms with Crippen molar-refractivity contribution in [3.05, 3.63) is 59.9 Å². The highest BCUT2D eigenvalue weighted by Gasteiger charge is 2.29. The quantitative estimate of drug-likeness (QED) is 0.900. The van der Waals surface area contributed by atoms with Crippen LogP contribution in [0.4, 0.5) is 15.8 Å². The summed E-state index contributed by atoms with van der Waals surface area (Å²) in [7, 11) is 0. The number of carbonyl (C=O) groups is 1. The average Bonchev–Trinajstić information content (AvgIpc) is 3.20. The van der Waals surface area contributed by atoms with E-state index in [4.69, 9.17) is 9.57 Å². The number of morpholine rings is 1. The third-order valence-electron chi connectivity index (χ3n) is 4.63. The van der Waals surface area contributed by atoms with Gasteiger partial charge in [0.2, 0.25) is 6.10 Å². The minimum atomic E-state index is -0.720. The first-order valence-corrected chi connectivity index (χ1v) is 8.91. The van der Waals surface area contributed by atoms with E-state index in [0.29, 0.717) is 23.4 Å². The summed E-state index contributed by atoms with van der Waals surface area (Å²) in [6.45, 7) is 3.18. The van der Waals surface area contributed by atoms with Crippen molar-refractivity contribution in [3.8, 4) is 0 Å². The molecule has 1 N–H and O–H groups in total. The van der Waals surface area contributed by atoms with Gasteiger partial charge in [0.25, 0.3) is 5.91 Å². The van der Waals surface area contributed by atoms with Crippen LogP contribution in [0.1, 0.15) is 12.0 Å². The topological polar surface area (TPSA) is 63.2 Å². The van der Waals surface area contributed by atoms with Crippen LogP contribution in [0.5, 0.6) is 0 Å². The van der Waals surface area contributed by atoms with Crippen LogP contribution in [-0.4, -0.2) is 44.0 Å². The molecule has 1 saturated heterocycles. The lowest BCUT2D eigenvalue weighted by Crippen LogP contribution is -2.36. The fraction of sp³-hybridized carbons (Fsp3) is 0.300. The molecule has 2 heterocycles. The second-order valence-electron chi connectivity index (χ2n) is 6.48. The number of halogens is 1. The second kappa shape index (κ2) is 7.75. The monoisotopic (exact) mass is 369 g/mol. The summed E-state index contributed by atoms with van der Waals surface area (Å²) in [6.07, 6.45) is -0.414. The maximum atomic E-state index is 13.3. The number of benzene rings is 2. The van der Waals surface area contributed by atoms with Crippen LogP contribution in [0.3, 0.4) is 0 Å². The highest BCUT2D eigenvalue weighted by Crippen LogP contribution is 2.21. The van der Waals surface area contributed by atoms with Crippen molar-refractivity contribution >= 4 is 23.0 Å². The number of hydrogen-bond acceptors (Lipinski definition) is 5. The molecule has 27 heavy (non-hydrogen) atoms. The van der Waals surface area contributed by atoms with Gasteiger partial charge < -0.3 is 19.8 Å². The number of amides is 1. The Morgan fingerprint density at radius 1 is 1.15 bits per heavy atom. The number of oxime groups is 1. The van der Waals surface area contributed by atoms with E-state index in [1.807, 2.05) is 24.3 Å². The van der Waals surface area contributed by atoms with Crippen LogP contribution in [0.2, 0.25) is 0 Å². The Kier molecular flexibility index (Phi) is 5.02. The molecule has 0 unspecified atom stereocenters. The van der Waals surface area contributed by atoms with Crippen molar-refractivity contribution in [2.24, 2.45) is 5.16 Å². The summed E-state index contributed by atoms with van der Waals surface area (Å²) in [5.74, 6) is -0.618. The molecule has 0 spiro atoms. The largest absolute Gasteiger partial charge is 0.382 e. The van der Waals surface area contributed by atoms with Crippen molar-refractivity contribution < 1.29 is 18.8 Å². The second-order valence-corrected chi connectivity index (χ2v) is 6.48. The van der Waals surface area contributed by atoms with Gasteiger partial charge in [0.1, 0.15) is 5.82 Å². The standard InChI is InChI=1S/C20H20FN3O3/c21-15-3-1-2-14(12-15)18-13-19(27-23-18)20(25)22-16-4-6-17(7-5-16)24-8-10-26-11-9-24/h1-7,12,19H,8-11,13H2,(H,22,25)/t19-/m1/s1. The van der Waals surface area contributed by atoms with Crippen LogP contribution in [0.25, 0.3) is 0 Å². The molecule has 2 aromatic rings. The van der Waals surface area contributed by atoms with Crippen molar-refractivity contribution in [1.29, 1.82) is 0 Å². The first-order chi connectivity index (χ1) is 13.2. The Morgan fingerprint density at radius 2 is 1.93 bits per heavy atom. The molecule has 0 aromatic heterocycles. The number of hydrogen-bond donors (Lipinski definition) is 1. The Balaban J connectivity index is 1.34. The third-order valence-corrected chi connectivity index (χ3v) is 4.63. The van der Waals surface area contributed by atoms with Gasteiger partial charge in [0, 0.05) is 36.4 Å². The number of nitrogens with one attached hydrogen (secondary N) is 1. The van der Waals surface area contributed by atoms with E-state index in [2.05, 4.69) is 15.4 Å². The van der Waals surface area contributed by atoms with Gasteiger partial charge >= 0.3 is 0 Å². The van der Waals surface area contributed by atoms with Gasteiger partial charge in [-0.3, -0.25) is 4.79 Å². The highest BCUT2D eigenvalue weighted by molar-refractivity contribution is 6.06. The predicted molar refractivity (Wildman–Crippen MR) is 101 cm³/mol. The van der Waals surface area contributed by atoms with Crippen LogP contribution in [-0.2, 0) is 14.4 Å². The van der Waals surface area contributed by atoms with Crippen molar-refractivity contribution in [2.45, 2.75) is 12.5 Å². The summed E-state index contributed by atoms with van der Waals surface area (Å²) in [4.78, 5) is 19.9. The zero-order valence-electron chi connectivity index (χ0n) is 14.7. The molecule has 6 nitrogen and oxygen atoms in total. The van der Waals surface area contributed by atoms with Gasteiger partial charge in [-0.1, -0.05) is 17.3 Å². The normalized spacial score (nSPS) is 19.4. The molecule has 4 rings (SSSR count). The molecule has 1 amide bonds. The van der Waals surface area contributed by atoms with Gasteiger partial charge in [0.05, 0.1) is 18.9 Å². The first-order valence-electron chi connectivity index (χ1n) is 8.91. The highest BCUT2D eigenvalue weighted by atomic mass is 19.1. The predicted octanol–water partition coefficient (Wildman–Crippen LogP) is 2.79. The summed E-state index contributed by atoms with van der Waals surface area (Å²) >= 11 is 0. The molecule has 0 aliphatic carbocycles. The van der Waals surface area contributed by atoms with Crippen LogP contribution < -0.4 is 10.2 Å². The fourth-order valence-corrected chi connectivity index (χ4v) is 3.16. The Morgan fingerprint density at radius 3 is 2.67 bits per heavy atom. The summed E-state index contributed by atoms with van der Waals surface area (Å²) in [5, 5.41) is 6.78. The maximum Gasteiger partial charge on any atom is 0.268 e. The summed E-state index contributed by atoms with van der Waals surface area (Å²) in [5.41, 5.74) is 2.99. The molecular weight excluding hydrogens is 349 g/mol. The number of anilines is 2. The van der Waals surface area contributed by atoms with E-state index in [9.17, 15) is 9.18 Å². The third kappa shape index (κ3) is 4.09. The van der Waals surface area contributed by atoms with E-state index >= 15 is 0 Å². The molecule has 1 fully saturated rings. The van der Waals surface area contributed by atoms with E-state index in [-0.39, 0.29) is 11.7 Å². The molecule has 2 aliphatic rings. The molecule has 0 saturated carbocycles. The average molecular weight is 369 g/mol. The van der Waals surface area contributed by atoms with E-state index in [1.165, 1.54) is 12.1 Å². The molecular formula is C20H20FN3O3. The first kappa shape index (κ1) is 17.5. The van der Waals surface area contributed by atoms with Crippen LogP contribution in [0, 0.1) is 5.82 Å². The molecule has 0 bridgehead atoms. The number of nitrogens with zero attached hydrogens (tertiary/aromatic N) is 2. The summed E-state index contributed by atoms with van der Waals surface area (Å²) in [6, 6.07) is 13.8. The maximum absolute atomic E-state index is 13.3. The Labute approximate surface area is 156 Å². The molecule has 7 heteroatoms. The SMILES string of the molecule is O=C(Nc1ccc(N2CCOCC2)cc1)[C@H]1CC(c2cccc(F)c2)=NO1. The molecule has 140 valence electrons. The van der Waals surface area contributed by atoms with Gasteiger partial charge in [-0.2, -0.15) is 0 Å². The van der Waals surface area contributed by atoms with Crippen molar-refractivity contribution in [3.63, 3.8) is 0 Å². The van der Waals surface area contributed by atoms with Crippen molar-refractivity contribution in [2.75, 3.05) is 36.5 Å². The summed E-state index contributed by atoms with van der Waals surface area (Å²) < 4.78 is 18.7. The lowest BCUT2D eigenvalue weighted by molar-refractivity contribution is -0.125. The van der Waals surface area contributed by atoms with Crippen LogP contribution in [0.15, 0.2) is 53.7 Å². The number of carbonyl (C=O) groups excluding carboxylic acids is 1. The van der Waals surface area contributed by atoms with Gasteiger partial charge in [-0.25, -0.2) is 4.39 Å². The minimum absolute atomic E-state index is 0.274. The smallest absolute Gasteiger partial charge is 0.268 e. The number of rotatable bonds is 4. The van der Waals surface area contributed by atoms with Gasteiger partial charge in [-0.05, 0) is 36.4 Å². The Hall–Kier alpha value is -2.93. The van der Waals surface area contributed by atoms with Crippen molar-refractivity contribution in [1.82, 2.24) is 0 Å². The molecule has 2 aliphatic heterocycles. The lowest BCUT2D eigenvalue weighted by Gasteiger charge is -2.28. The Bertz CT molecular complexity index is 848. The van der Waals surface area contributed by atoms with Gasteiger partial charge in [-0.15, -0.1) is 0 Å². The van der Waals surface area contributed by atoms with Gasteiger partial charge in [0.15, 0.2) is 0 Å². The van der Waals surface area contributed by atoms with E-state index in [1.54, 1.807) is 12.1 Å². The molecule has 2 aromatic carbocycles. The lowest BCUT2D eigenvalue weighted by atomic mass is 10.0. The number of ether oxygens (including phenoxy) is 1. The minimum Gasteiger partial charge on any atom is -0.382 e. The molecule has 1 atom stereocenters. The fourth-order valence-electron chi connectivity index (χ4n) is 3.16. The van der Waals surface area contributed by atoms with Crippen LogP contribution >= 0.6 is 0 Å². The zero-order chi connectivity index (χ0) is 18.6.